The van der Waals surface area contributed by atoms with Crippen LogP contribution in [0.1, 0.15) is 45.1 Å². The molecular formula is C18H23NO2. The summed E-state index contributed by atoms with van der Waals surface area (Å²) >= 11 is 0. The van der Waals surface area contributed by atoms with E-state index in [0.29, 0.717) is 12.8 Å². The molecule has 0 aliphatic heterocycles. The van der Waals surface area contributed by atoms with Crippen molar-refractivity contribution in [2.24, 2.45) is 5.41 Å². The number of hydrogen-bond acceptors (Lipinski definition) is 2. The van der Waals surface area contributed by atoms with Crippen LogP contribution in [0.2, 0.25) is 0 Å². The minimum atomic E-state index is -0.681. The molecule has 112 valence electrons. The molecule has 1 atom stereocenters. The van der Waals surface area contributed by atoms with Crippen molar-refractivity contribution < 1.29 is 9.90 Å². The molecule has 1 heterocycles. The summed E-state index contributed by atoms with van der Waals surface area (Å²) in [5, 5.41) is 10.8. The number of fused-ring (bicyclic) bond motifs is 1. The smallest absolute Gasteiger partial charge is 0.309 e. The van der Waals surface area contributed by atoms with E-state index in [4.69, 9.17) is 0 Å². The Labute approximate surface area is 126 Å². The zero-order valence-electron chi connectivity index (χ0n) is 12.8. The third-order valence-corrected chi connectivity index (χ3v) is 4.41. The number of aliphatic carboxylic acids is 1. The topological polar surface area (TPSA) is 50.2 Å². The first-order valence-corrected chi connectivity index (χ1v) is 7.69. The van der Waals surface area contributed by atoms with Gasteiger partial charge < -0.3 is 5.11 Å². The molecule has 3 nitrogen and oxygen atoms in total. The van der Waals surface area contributed by atoms with E-state index >= 15 is 0 Å². The van der Waals surface area contributed by atoms with Crippen LogP contribution in [0.25, 0.3) is 10.9 Å². The molecule has 2 aromatic rings. The second-order valence-electron chi connectivity index (χ2n) is 5.71. The molecule has 0 bridgehead atoms. The van der Waals surface area contributed by atoms with Crippen molar-refractivity contribution in [1.29, 1.82) is 0 Å². The fraction of sp³-hybridized carbons (Fsp3) is 0.444. The van der Waals surface area contributed by atoms with Gasteiger partial charge in [-0.2, -0.15) is 0 Å². The monoisotopic (exact) mass is 285 g/mol. The molecule has 0 radical (unpaired) electrons. The Morgan fingerprint density at radius 3 is 2.67 bits per heavy atom. The van der Waals surface area contributed by atoms with Crippen LogP contribution in [0, 0.1) is 5.41 Å². The SMILES string of the molecule is CCCCC(CC)(Cc1ccnc2ccccc12)C(=O)O. The number of rotatable bonds is 7. The maximum atomic E-state index is 11.9. The molecule has 0 saturated heterocycles. The molecule has 1 aromatic carbocycles. The van der Waals surface area contributed by atoms with Crippen LogP contribution in [0.3, 0.4) is 0 Å². The van der Waals surface area contributed by atoms with Crippen molar-refractivity contribution in [1.82, 2.24) is 4.98 Å². The fourth-order valence-corrected chi connectivity index (χ4v) is 2.91. The average Bonchev–Trinajstić information content (AvgIpc) is 2.51. The molecule has 0 amide bonds. The van der Waals surface area contributed by atoms with Gasteiger partial charge in [0, 0.05) is 11.6 Å². The van der Waals surface area contributed by atoms with Gasteiger partial charge >= 0.3 is 5.97 Å². The van der Waals surface area contributed by atoms with Gasteiger partial charge in [0.15, 0.2) is 0 Å². The number of unbranched alkanes of at least 4 members (excludes halogenated alkanes) is 1. The molecule has 21 heavy (non-hydrogen) atoms. The lowest BCUT2D eigenvalue weighted by Gasteiger charge is -2.28. The Kier molecular flexibility index (Phi) is 4.94. The molecule has 0 aliphatic rings. The Morgan fingerprint density at radius 1 is 1.24 bits per heavy atom. The van der Waals surface area contributed by atoms with Crippen LogP contribution in [0.5, 0.6) is 0 Å². The minimum Gasteiger partial charge on any atom is -0.481 e. The first-order valence-electron chi connectivity index (χ1n) is 7.69. The molecule has 0 fully saturated rings. The van der Waals surface area contributed by atoms with E-state index in [1.807, 2.05) is 37.3 Å². The van der Waals surface area contributed by atoms with Crippen LogP contribution in [-0.4, -0.2) is 16.1 Å². The van der Waals surface area contributed by atoms with Crippen LogP contribution >= 0.6 is 0 Å². The maximum Gasteiger partial charge on any atom is 0.309 e. The van der Waals surface area contributed by atoms with E-state index in [1.54, 1.807) is 6.20 Å². The highest BCUT2D eigenvalue weighted by Gasteiger charge is 2.36. The number of carbonyl (C=O) groups is 1. The van der Waals surface area contributed by atoms with E-state index in [0.717, 1.165) is 35.7 Å². The van der Waals surface area contributed by atoms with Crippen LogP contribution in [0.15, 0.2) is 36.5 Å². The second kappa shape index (κ2) is 6.70. The molecule has 1 unspecified atom stereocenters. The standard InChI is InChI=1S/C18H23NO2/c1-3-5-11-18(4-2,17(20)21)13-14-10-12-19-16-9-7-6-8-15(14)16/h6-10,12H,3-5,11,13H2,1-2H3,(H,20,21). The lowest BCUT2D eigenvalue weighted by atomic mass is 9.75. The Bertz CT molecular complexity index is 618. The molecule has 0 spiro atoms. The number of benzene rings is 1. The van der Waals surface area contributed by atoms with E-state index in [-0.39, 0.29) is 0 Å². The number of aromatic nitrogens is 1. The first-order chi connectivity index (χ1) is 10.1. The predicted octanol–water partition coefficient (Wildman–Crippen LogP) is 4.45. The van der Waals surface area contributed by atoms with Gasteiger partial charge in [-0.3, -0.25) is 9.78 Å². The molecule has 0 aliphatic carbocycles. The number of carboxylic acids is 1. The van der Waals surface area contributed by atoms with E-state index in [9.17, 15) is 9.90 Å². The highest BCUT2D eigenvalue weighted by Crippen LogP contribution is 2.35. The van der Waals surface area contributed by atoms with Crippen LogP contribution < -0.4 is 0 Å². The lowest BCUT2D eigenvalue weighted by molar-refractivity contribution is -0.149. The summed E-state index contributed by atoms with van der Waals surface area (Å²) in [5.74, 6) is -0.681. The molecule has 0 saturated carbocycles. The molecule has 1 aromatic heterocycles. The van der Waals surface area contributed by atoms with Crippen molar-refractivity contribution in [3.8, 4) is 0 Å². The normalized spacial score (nSPS) is 14.0. The summed E-state index contributed by atoms with van der Waals surface area (Å²) in [6.45, 7) is 4.08. The van der Waals surface area contributed by atoms with Crippen LogP contribution in [0.4, 0.5) is 0 Å². The van der Waals surface area contributed by atoms with Crippen molar-refractivity contribution in [3.63, 3.8) is 0 Å². The van der Waals surface area contributed by atoms with E-state index in [1.165, 1.54) is 0 Å². The van der Waals surface area contributed by atoms with Crippen molar-refractivity contribution in [2.45, 2.75) is 46.0 Å². The number of hydrogen-bond donors (Lipinski definition) is 1. The zero-order valence-corrected chi connectivity index (χ0v) is 12.8. The number of pyridine rings is 1. The van der Waals surface area contributed by atoms with Crippen molar-refractivity contribution in [2.75, 3.05) is 0 Å². The molecular weight excluding hydrogens is 262 g/mol. The van der Waals surface area contributed by atoms with Gasteiger partial charge in [-0.15, -0.1) is 0 Å². The Hall–Kier alpha value is -1.90. The van der Waals surface area contributed by atoms with E-state index in [2.05, 4.69) is 11.9 Å². The van der Waals surface area contributed by atoms with E-state index < -0.39 is 11.4 Å². The molecule has 2 rings (SSSR count). The van der Waals surface area contributed by atoms with Gasteiger partial charge in [0.25, 0.3) is 0 Å². The summed E-state index contributed by atoms with van der Waals surface area (Å²) in [5.41, 5.74) is 1.35. The van der Waals surface area contributed by atoms with Gasteiger partial charge in [-0.25, -0.2) is 0 Å². The second-order valence-corrected chi connectivity index (χ2v) is 5.71. The van der Waals surface area contributed by atoms with Gasteiger partial charge in [0.2, 0.25) is 0 Å². The summed E-state index contributed by atoms with van der Waals surface area (Å²) < 4.78 is 0. The molecule has 1 N–H and O–H groups in total. The summed E-state index contributed by atoms with van der Waals surface area (Å²) in [4.78, 5) is 16.2. The summed E-state index contributed by atoms with van der Waals surface area (Å²) in [6, 6.07) is 9.90. The average molecular weight is 285 g/mol. The van der Waals surface area contributed by atoms with Gasteiger partial charge in [-0.05, 0) is 37.0 Å². The van der Waals surface area contributed by atoms with Crippen molar-refractivity contribution in [3.05, 3.63) is 42.1 Å². The number of carboxylic acid groups (broad SMARTS) is 1. The summed E-state index contributed by atoms with van der Waals surface area (Å²) in [7, 11) is 0. The van der Waals surface area contributed by atoms with Gasteiger partial charge in [-0.1, -0.05) is 44.9 Å². The first kappa shape index (κ1) is 15.5. The largest absolute Gasteiger partial charge is 0.481 e. The summed E-state index contributed by atoms with van der Waals surface area (Å²) in [6.07, 6.45) is 5.70. The maximum absolute atomic E-state index is 11.9. The lowest BCUT2D eigenvalue weighted by Crippen LogP contribution is -2.33. The third-order valence-electron chi connectivity index (χ3n) is 4.41. The molecule has 3 heteroatoms. The van der Waals surface area contributed by atoms with Gasteiger partial charge in [0.05, 0.1) is 10.9 Å². The number of para-hydroxylation sites is 1. The van der Waals surface area contributed by atoms with Gasteiger partial charge in [0.1, 0.15) is 0 Å². The minimum absolute atomic E-state index is 0.571. The predicted molar refractivity (Wildman–Crippen MR) is 85.3 cm³/mol. The Morgan fingerprint density at radius 2 is 2.00 bits per heavy atom. The quantitative estimate of drug-likeness (QED) is 0.817. The van der Waals surface area contributed by atoms with Crippen molar-refractivity contribution >= 4 is 16.9 Å². The third kappa shape index (κ3) is 3.23. The Balaban J connectivity index is 2.41. The number of nitrogens with zero attached hydrogens (tertiary/aromatic N) is 1. The van der Waals surface area contributed by atoms with Crippen LogP contribution in [-0.2, 0) is 11.2 Å². The highest BCUT2D eigenvalue weighted by atomic mass is 16.4. The fourth-order valence-electron chi connectivity index (χ4n) is 2.91. The zero-order chi connectivity index (χ0) is 15.3. The highest BCUT2D eigenvalue weighted by molar-refractivity contribution is 5.83.